The SMILES string of the molecule is CNC(CCCC(C)C)c1occc1C. The van der Waals surface area contributed by atoms with Crippen molar-refractivity contribution in [1.82, 2.24) is 5.32 Å². The highest BCUT2D eigenvalue weighted by Gasteiger charge is 2.14. The molecule has 0 aromatic carbocycles. The average molecular weight is 209 g/mol. The summed E-state index contributed by atoms with van der Waals surface area (Å²) in [4.78, 5) is 0. The summed E-state index contributed by atoms with van der Waals surface area (Å²) >= 11 is 0. The Bertz CT molecular complexity index is 278. The first-order valence-electron chi connectivity index (χ1n) is 5.86. The molecule has 1 aromatic heterocycles. The lowest BCUT2D eigenvalue weighted by atomic mass is 10.0. The maximum absolute atomic E-state index is 5.51. The number of hydrogen-bond donors (Lipinski definition) is 1. The molecule has 0 aliphatic carbocycles. The Morgan fingerprint density at radius 2 is 2.07 bits per heavy atom. The smallest absolute Gasteiger partial charge is 0.123 e. The standard InChI is InChI=1S/C13H23NO/c1-10(2)6-5-7-12(14-4)13-11(3)8-9-15-13/h8-10,12,14H,5-7H2,1-4H3. The van der Waals surface area contributed by atoms with Gasteiger partial charge in [-0.25, -0.2) is 0 Å². The second kappa shape index (κ2) is 5.96. The lowest BCUT2D eigenvalue weighted by Crippen LogP contribution is -2.16. The molecule has 1 unspecified atom stereocenters. The van der Waals surface area contributed by atoms with Crippen molar-refractivity contribution in [3.05, 3.63) is 23.7 Å². The molecule has 1 atom stereocenters. The van der Waals surface area contributed by atoms with Gasteiger partial charge in [0.15, 0.2) is 0 Å². The number of hydrogen-bond acceptors (Lipinski definition) is 2. The van der Waals surface area contributed by atoms with E-state index < -0.39 is 0 Å². The maximum atomic E-state index is 5.51. The van der Waals surface area contributed by atoms with Crippen LogP contribution in [0.4, 0.5) is 0 Å². The lowest BCUT2D eigenvalue weighted by molar-refractivity contribution is 0.392. The Morgan fingerprint density at radius 3 is 2.53 bits per heavy atom. The summed E-state index contributed by atoms with van der Waals surface area (Å²) in [7, 11) is 2.00. The van der Waals surface area contributed by atoms with E-state index in [2.05, 4.69) is 26.1 Å². The third-order valence-corrected chi connectivity index (χ3v) is 2.84. The van der Waals surface area contributed by atoms with Crippen LogP contribution in [-0.2, 0) is 0 Å². The van der Waals surface area contributed by atoms with Gasteiger partial charge in [0.25, 0.3) is 0 Å². The zero-order valence-electron chi connectivity index (χ0n) is 10.3. The number of nitrogens with one attached hydrogen (secondary N) is 1. The van der Waals surface area contributed by atoms with Gasteiger partial charge in [-0.15, -0.1) is 0 Å². The summed E-state index contributed by atoms with van der Waals surface area (Å²) in [5.74, 6) is 1.89. The van der Waals surface area contributed by atoms with Gasteiger partial charge in [-0.2, -0.15) is 0 Å². The molecular formula is C13H23NO. The first kappa shape index (κ1) is 12.3. The van der Waals surface area contributed by atoms with E-state index in [4.69, 9.17) is 4.42 Å². The second-order valence-electron chi connectivity index (χ2n) is 4.63. The van der Waals surface area contributed by atoms with Gasteiger partial charge in [-0.05, 0) is 37.9 Å². The van der Waals surface area contributed by atoms with Gasteiger partial charge in [0.2, 0.25) is 0 Å². The molecule has 1 heterocycles. The Morgan fingerprint density at radius 1 is 1.33 bits per heavy atom. The molecule has 1 N–H and O–H groups in total. The van der Waals surface area contributed by atoms with Crippen LogP contribution in [0.3, 0.4) is 0 Å². The summed E-state index contributed by atoms with van der Waals surface area (Å²) in [6, 6.07) is 2.40. The molecule has 0 amide bonds. The van der Waals surface area contributed by atoms with Crippen LogP contribution in [-0.4, -0.2) is 7.05 Å². The molecule has 1 rings (SSSR count). The highest BCUT2D eigenvalue weighted by molar-refractivity contribution is 5.17. The molecule has 0 aliphatic heterocycles. The van der Waals surface area contributed by atoms with E-state index in [0.717, 1.165) is 18.1 Å². The van der Waals surface area contributed by atoms with E-state index in [0.29, 0.717) is 6.04 Å². The van der Waals surface area contributed by atoms with Gasteiger partial charge in [-0.1, -0.05) is 26.7 Å². The Kier molecular flexibility index (Phi) is 4.89. The topological polar surface area (TPSA) is 25.2 Å². The monoisotopic (exact) mass is 209 g/mol. The van der Waals surface area contributed by atoms with E-state index >= 15 is 0 Å². The molecule has 2 heteroatoms. The van der Waals surface area contributed by atoms with Gasteiger partial charge in [0, 0.05) is 0 Å². The zero-order chi connectivity index (χ0) is 11.3. The molecule has 0 radical (unpaired) electrons. The molecule has 86 valence electrons. The third kappa shape index (κ3) is 3.71. The van der Waals surface area contributed by atoms with Crippen molar-refractivity contribution in [3.63, 3.8) is 0 Å². The molecule has 2 nitrogen and oxygen atoms in total. The van der Waals surface area contributed by atoms with Gasteiger partial charge in [0.05, 0.1) is 12.3 Å². The number of furan rings is 1. The molecular weight excluding hydrogens is 186 g/mol. The predicted molar refractivity (Wildman–Crippen MR) is 63.9 cm³/mol. The minimum atomic E-state index is 0.374. The van der Waals surface area contributed by atoms with E-state index in [1.165, 1.54) is 18.4 Å². The minimum Gasteiger partial charge on any atom is -0.467 e. The predicted octanol–water partition coefficient (Wildman–Crippen LogP) is 3.67. The molecule has 1 aromatic rings. The summed E-state index contributed by atoms with van der Waals surface area (Å²) in [5, 5.41) is 3.33. The van der Waals surface area contributed by atoms with Gasteiger partial charge in [0.1, 0.15) is 5.76 Å². The summed E-state index contributed by atoms with van der Waals surface area (Å²) in [6.45, 7) is 6.64. The van der Waals surface area contributed by atoms with Crippen LogP contribution in [0.15, 0.2) is 16.7 Å². The fourth-order valence-electron chi connectivity index (χ4n) is 1.88. The zero-order valence-corrected chi connectivity index (χ0v) is 10.3. The van der Waals surface area contributed by atoms with Crippen molar-refractivity contribution in [2.45, 2.75) is 46.1 Å². The minimum absolute atomic E-state index is 0.374. The van der Waals surface area contributed by atoms with Crippen LogP contribution in [0, 0.1) is 12.8 Å². The maximum Gasteiger partial charge on any atom is 0.123 e. The van der Waals surface area contributed by atoms with Gasteiger partial charge >= 0.3 is 0 Å². The molecule has 0 saturated heterocycles. The van der Waals surface area contributed by atoms with Crippen LogP contribution in [0.25, 0.3) is 0 Å². The largest absolute Gasteiger partial charge is 0.467 e. The number of aryl methyl sites for hydroxylation is 1. The Hall–Kier alpha value is -0.760. The Labute approximate surface area is 93.1 Å². The lowest BCUT2D eigenvalue weighted by Gasteiger charge is -2.15. The highest BCUT2D eigenvalue weighted by Crippen LogP contribution is 2.23. The quantitative estimate of drug-likeness (QED) is 0.773. The number of rotatable bonds is 6. The molecule has 0 spiro atoms. The van der Waals surface area contributed by atoms with E-state index in [1.54, 1.807) is 6.26 Å². The Balaban J connectivity index is 2.46. The fourth-order valence-corrected chi connectivity index (χ4v) is 1.88. The first-order chi connectivity index (χ1) is 7.15. The molecule has 15 heavy (non-hydrogen) atoms. The van der Waals surface area contributed by atoms with Crippen molar-refractivity contribution < 1.29 is 4.42 Å². The first-order valence-corrected chi connectivity index (χ1v) is 5.86. The molecule has 0 bridgehead atoms. The van der Waals surface area contributed by atoms with Crippen LogP contribution < -0.4 is 5.32 Å². The van der Waals surface area contributed by atoms with Gasteiger partial charge < -0.3 is 9.73 Å². The van der Waals surface area contributed by atoms with Crippen molar-refractivity contribution >= 4 is 0 Å². The van der Waals surface area contributed by atoms with E-state index in [-0.39, 0.29) is 0 Å². The summed E-state index contributed by atoms with van der Waals surface area (Å²) in [5.41, 5.74) is 1.25. The summed E-state index contributed by atoms with van der Waals surface area (Å²) in [6.07, 6.45) is 5.47. The molecule has 0 saturated carbocycles. The van der Waals surface area contributed by atoms with Crippen LogP contribution in [0.1, 0.15) is 50.5 Å². The third-order valence-electron chi connectivity index (χ3n) is 2.84. The van der Waals surface area contributed by atoms with Crippen molar-refractivity contribution in [3.8, 4) is 0 Å². The second-order valence-corrected chi connectivity index (χ2v) is 4.63. The van der Waals surface area contributed by atoms with Crippen LogP contribution in [0.5, 0.6) is 0 Å². The summed E-state index contributed by atoms with van der Waals surface area (Å²) < 4.78 is 5.51. The highest BCUT2D eigenvalue weighted by atomic mass is 16.3. The molecule has 0 aliphatic rings. The van der Waals surface area contributed by atoms with Crippen molar-refractivity contribution in [2.24, 2.45) is 5.92 Å². The van der Waals surface area contributed by atoms with Gasteiger partial charge in [-0.3, -0.25) is 0 Å². The van der Waals surface area contributed by atoms with Crippen molar-refractivity contribution in [2.75, 3.05) is 7.05 Å². The van der Waals surface area contributed by atoms with Crippen LogP contribution >= 0.6 is 0 Å². The van der Waals surface area contributed by atoms with E-state index in [9.17, 15) is 0 Å². The van der Waals surface area contributed by atoms with Crippen molar-refractivity contribution in [1.29, 1.82) is 0 Å². The van der Waals surface area contributed by atoms with Crippen LogP contribution in [0.2, 0.25) is 0 Å². The normalized spacial score (nSPS) is 13.4. The average Bonchev–Trinajstić information content (AvgIpc) is 2.59. The fraction of sp³-hybridized carbons (Fsp3) is 0.692. The molecule has 0 fully saturated rings. The van der Waals surface area contributed by atoms with E-state index in [1.807, 2.05) is 13.1 Å².